The van der Waals surface area contributed by atoms with Crippen molar-refractivity contribution in [3.8, 4) is 0 Å². The van der Waals surface area contributed by atoms with Crippen molar-refractivity contribution in [1.29, 1.82) is 0 Å². The predicted molar refractivity (Wildman–Crippen MR) is 231 cm³/mol. The minimum absolute atomic E-state index is 0. The Kier molecular flexibility index (Phi) is 24.8. The Labute approximate surface area is 344 Å². The molecule has 0 N–H and O–H groups in total. The van der Waals surface area contributed by atoms with Crippen molar-refractivity contribution < 1.29 is 51.1 Å². The van der Waals surface area contributed by atoms with E-state index in [1.807, 2.05) is 0 Å². The first-order valence-corrected chi connectivity index (χ1v) is 24.0. The molecular formula is C39H63BCrF4N4NiP3+4. The monoisotopic (exact) mass is 877 g/mol. The van der Waals surface area contributed by atoms with Crippen LogP contribution < -0.4 is 4.90 Å². The predicted octanol–water partition coefficient (Wildman–Crippen LogP) is 15.4. The summed E-state index contributed by atoms with van der Waals surface area (Å²) < 4.78 is 39.0. The molecule has 0 amide bonds. The molecule has 0 aliphatic carbocycles. The van der Waals surface area contributed by atoms with Crippen LogP contribution in [0.15, 0.2) is 72.8 Å². The van der Waals surface area contributed by atoms with E-state index in [0.29, 0.717) is 34.0 Å². The standard InChI is InChI=1S/C39H60N4P3.BF4.Cr.Ni/c1-28(2)44(29(3)4)25-40-34-19-13-16-22-37(34)43(38-23-17-14-20-35(38)41-26-45(30(5)6)31(7)8)39-24-18-15-21-36(39)42-27-46(32(9)10)33(11)12;2-1(3,4)5;;/h13-24,28-33H,25-27H2,1-12H3;;;/q-3;-1;+3;+2/p+3. The molecular weight excluding hydrogens is 815 g/mol. The molecule has 0 fully saturated rings. The minimum atomic E-state index is -6.00. The summed E-state index contributed by atoms with van der Waals surface area (Å²) in [4.78, 5) is 2.40. The molecule has 0 aromatic heterocycles. The van der Waals surface area contributed by atoms with Gasteiger partial charge in [-0.2, -0.15) is 0 Å². The molecule has 0 saturated heterocycles. The van der Waals surface area contributed by atoms with Crippen molar-refractivity contribution in [2.24, 2.45) is 0 Å². The maximum atomic E-state index is 9.75. The summed E-state index contributed by atoms with van der Waals surface area (Å²) in [5.41, 5.74) is 10.4. The van der Waals surface area contributed by atoms with E-state index in [2.05, 4.69) is 161 Å². The van der Waals surface area contributed by atoms with E-state index in [-0.39, 0.29) is 33.9 Å². The number of hydrogen-bond donors (Lipinski definition) is 0. The number of benzene rings is 3. The van der Waals surface area contributed by atoms with Crippen molar-refractivity contribution in [2.45, 2.75) is 117 Å². The summed E-state index contributed by atoms with van der Waals surface area (Å²) in [6.07, 6.45) is 2.73. The maximum absolute atomic E-state index is 9.75. The molecule has 3 rings (SSSR count). The summed E-state index contributed by atoms with van der Waals surface area (Å²) in [5.74, 6) is 0. The Hall–Kier alpha value is -1.04. The normalized spacial score (nSPS) is 11.7. The molecule has 1 radical (unpaired) electrons. The third-order valence-electron chi connectivity index (χ3n) is 9.11. The van der Waals surface area contributed by atoms with Gasteiger partial charge in [-0.3, -0.25) is 0 Å². The van der Waals surface area contributed by atoms with Gasteiger partial charge in [-0.1, -0.05) is 54.6 Å². The quantitative estimate of drug-likeness (QED) is 0.0713. The van der Waals surface area contributed by atoms with E-state index < -0.39 is 31.0 Å². The van der Waals surface area contributed by atoms with Crippen LogP contribution in [0.3, 0.4) is 0 Å². The second kappa shape index (κ2) is 25.3. The van der Waals surface area contributed by atoms with Crippen molar-refractivity contribution in [2.75, 3.05) is 23.8 Å². The third kappa shape index (κ3) is 17.7. The van der Waals surface area contributed by atoms with Crippen molar-refractivity contribution in [1.82, 2.24) is 0 Å². The minimum Gasteiger partial charge on any atom is -0.651 e. The first-order valence-electron chi connectivity index (χ1n) is 18.4. The largest absolute Gasteiger partial charge is 3.00 e. The van der Waals surface area contributed by atoms with E-state index in [0.717, 1.165) is 53.0 Å². The van der Waals surface area contributed by atoms with Crippen LogP contribution in [0.25, 0.3) is 16.0 Å². The van der Waals surface area contributed by atoms with Gasteiger partial charge in [0.2, 0.25) is 0 Å². The van der Waals surface area contributed by atoms with Crippen LogP contribution in [0, 0.1) is 0 Å². The fourth-order valence-electron chi connectivity index (χ4n) is 6.37. The summed E-state index contributed by atoms with van der Waals surface area (Å²) >= 11 is 0. The molecule has 53 heavy (non-hydrogen) atoms. The molecule has 0 aliphatic rings. The van der Waals surface area contributed by atoms with E-state index >= 15 is 0 Å². The van der Waals surface area contributed by atoms with Gasteiger partial charge in [-0.05, 0) is 144 Å². The topological polar surface area (TPSA) is 45.5 Å². The molecule has 4 nitrogen and oxygen atoms in total. The molecule has 0 spiro atoms. The summed E-state index contributed by atoms with van der Waals surface area (Å²) in [5, 5.41) is 16.1. The third-order valence-corrected chi connectivity index (χ3v) is 19.6. The fraction of sp³-hybridized carbons (Fsp3) is 0.538. The Morgan fingerprint density at radius 1 is 0.453 bits per heavy atom. The van der Waals surface area contributed by atoms with Gasteiger partial charge in [0.1, 0.15) is 0 Å². The Morgan fingerprint density at radius 3 is 0.830 bits per heavy atom. The molecule has 3 aromatic rings. The molecule has 0 unspecified atom stereocenters. The number of hydrogen-bond acceptors (Lipinski definition) is 1. The Balaban J connectivity index is 0.00000361. The van der Waals surface area contributed by atoms with Crippen LogP contribution in [0.5, 0.6) is 0 Å². The second-order valence-corrected chi connectivity index (χ2v) is 26.2. The number of para-hydroxylation sites is 6. The van der Waals surface area contributed by atoms with Crippen LogP contribution >= 0.6 is 23.8 Å². The average molecular weight is 878 g/mol. The number of rotatable bonds is 18. The van der Waals surface area contributed by atoms with Crippen molar-refractivity contribution in [3.63, 3.8) is 0 Å². The smallest absolute Gasteiger partial charge is 0.651 e. The number of nitrogens with zero attached hydrogens (tertiary/aromatic N) is 4. The van der Waals surface area contributed by atoms with E-state index in [1.165, 1.54) is 0 Å². The molecule has 0 atom stereocenters. The van der Waals surface area contributed by atoms with Gasteiger partial charge in [0.05, 0.1) is 34.0 Å². The van der Waals surface area contributed by atoms with E-state index in [4.69, 9.17) is 16.0 Å². The number of halogens is 4. The van der Waals surface area contributed by atoms with Crippen LogP contribution in [-0.4, -0.2) is 60.1 Å². The zero-order valence-corrected chi connectivity index (χ0v) is 38.9. The van der Waals surface area contributed by atoms with E-state index in [1.54, 1.807) is 0 Å². The van der Waals surface area contributed by atoms with Gasteiger partial charge in [-0.25, -0.2) is 0 Å². The Bertz CT molecular complexity index is 1260. The molecule has 14 heteroatoms. The molecule has 0 saturated carbocycles. The van der Waals surface area contributed by atoms with Crippen LogP contribution in [0.2, 0.25) is 0 Å². The van der Waals surface area contributed by atoms with Gasteiger partial charge in [0.25, 0.3) is 0 Å². The first kappa shape index (κ1) is 52.0. The van der Waals surface area contributed by atoms with Gasteiger partial charge >= 0.3 is 41.1 Å². The fourth-order valence-corrected chi connectivity index (χ4v) is 13.6. The van der Waals surface area contributed by atoms with Gasteiger partial charge in [-0.15, -0.1) is 17.1 Å². The summed E-state index contributed by atoms with van der Waals surface area (Å²) in [7, 11) is -7.94. The van der Waals surface area contributed by atoms with Crippen molar-refractivity contribution >= 4 is 65.1 Å². The summed E-state index contributed by atoms with van der Waals surface area (Å²) in [6, 6.07) is 26.1. The summed E-state index contributed by atoms with van der Waals surface area (Å²) in [6.45, 7) is 28.4. The molecule has 297 valence electrons. The molecule has 0 heterocycles. The molecule has 0 bridgehead atoms. The SMILES string of the molecule is CC(C)[PH+](C[N-]c1ccccc1N(c1ccccc1[N-]C[PH+](C(C)C)C(C)C)c1ccccc1[N-]C[PH+](C(C)C)C(C)C)C(C)C.F[B-](F)(F)F.[Cr+3].[Ni+2]. The van der Waals surface area contributed by atoms with Gasteiger partial charge in [0, 0.05) is 17.1 Å². The van der Waals surface area contributed by atoms with Gasteiger partial charge < -0.3 is 38.1 Å². The van der Waals surface area contributed by atoms with Crippen LogP contribution in [0.1, 0.15) is 83.1 Å². The first-order chi connectivity index (χ1) is 23.8. The van der Waals surface area contributed by atoms with Gasteiger partial charge in [0.15, 0.2) is 0 Å². The van der Waals surface area contributed by atoms with Crippen LogP contribution in [0.4, 0.5) is 51.4 Å². The molecule has 3 aromatic carbocycles. The maximum Gasteiger partial charge on any atom is 3.00 e. The second-order valence-electron chi connectivity index (χ2n) is 14.9. The Morgan fingerprint density at radius 2 is 0.642 bits per heavy atom. The van der Waals surface area contributed by atoms with Crippen molar-refractivity contribution in [3.05, 3.63) is 88.7 Å². The zero-order valence-electron chi connectivity index (χ0n) is 33.6. The zero-order chi connectivity index (χ0) is 38.5. The molecule has 0 aliphatic heterocycles. The van der Waals surface area contributed by atoms with Crippen LogP contribution in [-0.2, 0) is 33.9 Å². The number of anilines is 3. The average Bonchev–Trinajstić information content (AvgIpc) is 3.01. The van der Waals surface area contributed by atoms with E-state index in [9.17, 15) is 17.3 Å².